The minimum Gasteiger partial charge on any atom is -0.492 e. The molecule has 33 heavy (non-hydrogen) atoms. The number of amides is 1. The van der Waals surface area contributed by atoms with E-state index in [0.29, 0.717) is 38.3 Å². The van der Waals surface area contributed by atoms with Gasteiger partial charge in [-0.2, -0.15) is 13.2 Å². The van der Waals surface area contributed by atoms with Crippen molar-refractivity contribution in [3.8, 4) is 5.75 Å². The molecule has 0 radical (unpaired) electrons. The average Bonchev–Trinajstić information content (AvgIpc) is 2.70. The summed E-state index contributed by atoms with van der Waals surface area (Å²) in [4.78, 5) is 27.8. The second-order valence-electron chi connectivity index (χ2n) is 9.73. The number of hydrogen-bond donors (Lipinski definition) is 0. The van der Waals surface area contributed by atoms with E-state index in [4.69, 9.17) is 14.2 Å². The quantitative estimate of drug-likeness (QED) is 0.572. The fourth-order valence-electron chi connectivity index (χ4n) is 3.25. The highest BCUT2D eigenvalue weighted by atomic mass is 19.4. The van der Waals surface area contributed by atoms with Crippen LogP contribution in [0, 0.1) is 5.41 Å². The van der Waals surface area contributed by atoms with Crippen molar-refractivity contribution >= 4 is 12.1 Å². The van der Waals surface area contributed by atoms with Crippen LogP contribution in [0.3, 0.4) is 0 Å². The van der Waals surface area contributed by atoms with E-state index in [0.717, 1.165) is 12.1 Å². The van der Waals surface area contributed by atoms with Crippen LogP contribution in [0.25, 0.3) is 0 Å². The molecule has 0 saturated carbocycles. The topological polar surface area (TPSA) is 68.3 Å². The van der Waals surface area contributed by atoms with Crippen LogP contribution >= 0.6 is 0 Å². The maximum atomic E-state index is 13.3. The number of alkyl halides is 3. The first-order chi connectivity index (χ1) is 15.1. The predicted octanol–water partition coefficient (Wildman–Crippen LogP) is 4.34. The smallest absolute Gasteiger partial charge is 0.416 e. The minimum absolute atomic E-state index is 0.0661. The van der Waals surface area contributed by atoms with E-state index >= 15 is 0 Å². The number of rotatable bonds is 6. The Bertz CT molecular complexity index is 841. The zero-order chi connectivity index (χ0) is 25.0. The normalized spacial score (nSPS) is 15.8. The molecule has 1 fully saturated rings. The molecule has 0 atom stereocenters. The molecule has 0 bridgehead atoms. The molecule has 10 heteroatoms. The van der Waals surface area contributed by atoms with Crippen molar-refractivity contribution in [2.75, 3.05) is 39.9 Å². The second-order valence-corrected chi connectivity index (χ2v) is 9.73. The molecule has 1 aromatic carbocycles. The van der Waals surface area contributed by atoms with Crippen molar-refractivity contribution in [1.82, 2.24) is 9.80 Å². The van der Waals surface area contributed by atoms with Crippen molar-refractivity contribution in [1.29, 1.82) is 0 Å². The van der Waals surface area contributed by atoms with Crippen LogP contribution < -0.4 is 4.74 Å². The lowest BCUT2D eigenvalue weighted by Gasteiger charge is -2.35. The maximum absolute atomic E-state index is 13.3. The van der Waals surface area contributed by atoms with Crippen LogP contribution in [0.15, 0.2) is 18.2 Å². The van der Waals surface area contributed by atoms with Gasteiger partial charge in [-0.05, 0) is 46.8 Å². The molecule has 0 spiro atoms. The number of methoxy groups -OCH3 is 1. The van der Waals surface area contributed by atoms with Gasteiger partial charge in [0.2, 0.25) is 0 Å². The number of benzene rings is 1. The molecule has 0 unspecified atom stereocenters. The van der Waals surface area contributed by atoms with E-state index in [2.05, 4.69) is 0 Å². The standard InChI is InChI=1S/C23H33F3N2O5/c1-21(2,3)33-20(30)28-11-9-27(10-12-28)14-16-7-8-17(23(24,25)26)13-18(16)32-15-22(4,5)19(29)31-6/h7-8,13H,9-12,14-15H2,1-6H3. The van der Waals surface area contributed by atoms with Crippen molar-refractivity contribution in [2.45, 2.75) is 52.9 Å². The average molecular weight is 475 g/mol. The van der Waals surface area contributed by atoms with Crippen molar-refractivity contribution in [3.05, 3.63) is 29.3 Å². The Hall–Kier alpha value is -2.49. The predicted molar refractivity (Wildman–Crippen MR) is 116 cm³/mol. The van der Waals surface area contributed by atoms with Gasteiger partial charge in [0.1, 0.15) is 18.0 Å². The highest BCUT2D eigenvalue weighted by Crippen LogP contribution is 2.34. The number of halogens is 3. The number of piperazine rings is 1. The molecule has 0 aromatic heterocycles. The molecule has 1 amide bonds. The Balaban J connectivity index is 2.11. The van der Waals surface area contributed by atoms with Crippen LogP contribution in [0.2, 0.25) is 0 Å². The first-order valence-corrected chi connectivity index (χ1v) is 10.7. The van der Waals surface area contributed by atoms with Crippen LogP contribution in [0.1, 0.15) is 45.7 Å². The molecule has 1 aliphatic rings. The van der Waals surface area contributed by atoms with Gasteiger partial charge in [0.25, 0.3) is 0 Å². The number of esters is 1. The molecule has 7 nitrogen and oxygen atoms in total. The van der Waals surface area contributed by atoms with Crippen LogP contribution in [0.5, 0.6) is 5.75 Å². The molecular formula is C23H33F3N2O5. The summed E-state index contributed by atoms with van der Waals surface area (Å²) in [5.74, 6) is -0.453. The Labute approximate surface area is 192 Å². The molecule has 1 heterocycles. The minimum atomic E-state index is -4.52. The number of hydrogen-bond acceptors (Lipinski definition) is 6. The molecule has 1 aromatic rings. The largest absolute Gasteiger partial charge is 0.492 e. The lowest BCUT2D eigenvalue weighted by Crippen LogP contribution is -2.49. The summed E-state index contributed by atoms with van der Waals surface area (Å²) in [5.41, 5.74) is -1.88. The Morgan fingerprint density at radius 1 is 1.00 bits per heavy atom. The van der Waals surface area contributed by atoms with Gasteiger partial charge in [0.05, 0.1) is 18.1 Å². The SMILES string of the molecule is COC(=O)C(C)(C)COc1cc(C(F)(F)F)ccc1CN1CCN(C(=O)OC(C)(C)C)CC1. The van der Waals surface area contributed by atoms with Gasteiger partial charge < -0.3 is 19.1 Å². The maximum Gasteiger partial charge on any atom is 0.416 e. The monoisotopic (exact) mass is 474 g/mol. The summed E-state index contributed by atoms with van der Waals surface area (Å²) >= 11 is 0. The third-order valence-corrected chi connectivity index (χ3v) is 5.14. The molecule has 2 rings (SSSR count). The first kappa shape index (κ1) is 26.8. The van der Waals surface area contributed by atoms with Gasteiger partial charge in [0.15, 0.2) is 0 Å². The number of carbonyl (C=O) groups excluding carboxylic acids is 2. The number of ether oxygens (including phenoxy) is 3. The fraction of sp³-hybridized carbons (Fsp3) is 0.652. The highest BCUT2D eigenvalue weighted by molar-refractivity contribution is 5.75. The summed E-state index contributed by atoms with van der Waals surface area (Å²) in [7, 11) is 1.25. The fourth-order valence-corrected chi connectivity index (χ4v) is 3.25. The van der Waals surface area contributed by atoms with Crippen LogP contribution in [0.4, 0.5) is 18.0 Å². The van der Waals surface area contributed by atoms with E-state index in [1.54, 1.807) is 39.5 Å². The number of nitrogens with zero attached hydrogens (tertiary/aromatic N) is 2. The van der Waals surface area contributed by atoms with Crippen molar-refractivity contribution < 1.29 is 37.0 Å². The number of carbonyl (C=O) groups is 2. The summed E-state index contributed by atoms with van der Waals surface area (Å²) in [6.07, 6.45) is -4.90. The van der Waals surface area contributed by atoms with Gasteiger partial charge in [0, 0.05) is 38.3 Å². The first-order valence-electron chi connectivity index (χ1n) is 10.7. The Kier molecular flexibility index (Phi) is 8.27. The van der Waals surface area contributed by atoms with Gasteiger partial charge in [-0.1, -0.05) is 6.07 Å². The summed E-state index contributed by atoms with van der Waals surface area (Å²) < 4.78 is 55.6. The van der Waals surface area contributed by atoms with Gasteiger partial charge in [-0.25, -0.2) is 4.79 Å². The third-order valence-electron chi connectivity index (χ3n) is 5.14. The molecule has 0 N–H and O–H groups in total. The van der Waals surface area contributed by atoms with Gasteiger partial charge >= 0.3 is 18.2 Å². The molecule has 186 valence electrons. The zero-order valence-electron chi connectivity index (χ0n) is 20.0. The summed E-state index contributed by atoms with van der Waals surface area (Å²) in [6.45, 7) is 10.8. The molecule has 1 saturated heterocycles. The van der Waals surface area contributed by atoms with Crippen molar-refractivity contribution in [2.24, 2.45) is 5.41 Å². The van der Waals surface area contributed by atoms with E-state index in [1.165, 1.54) is 13.2 Å². The summed E-state index contributed by atoms with van der Waals surface area (Å²) in [5, 5.41) is 0. The second kappa shape index (κ2) is 10.2. The van der Waals surface area contributed by atoms with Gasteiger partial charge in [-0.3, -0.25) is 9.69 Å². The Morgan fingerprint density at radius 3 is 2.12 bits per heavy atom. The van der Waals surface area contributed by atoms with Crippen LogP contribution in [-0.2, 0) is 27.0 Å². The third kappa shape index (κ3) is 7.80. The van der Waals surface area contributed by atoms with E-state index in [9.17, 15) is 22.8 Å². The Morgan fingerprint density at radius 2 is 1.61 bits per heavy atom. The van der Waals surface area contributed by atoms with Gasteiger partial charge in [-0.15, -0.1) is 0 Å². The van der Waals surface area contributed by atoms with Crippen LogP contribution in [-0.4, -0.2) is 67.4 Å². The molecule has 1 aliphatic heterocycles. The van der Waals surface area contributed by atoms with E-state index in [-0.39, 0.29) is 18.4 Å². The summed E-state index contributed by atoms with van der Waals surface area (Å²) in [6, 6.07) is 3.37. The molecular weight excluding hydrogens is 441 g/mol. The lowest BCUT2D eigenvalue weighted by molar-refractivity contribution is -0.152. The molecule has 0 aliphatic carbocycles. The highest BCUT2D eigenvalue weighted by Gasteiger charge is 2.34. The van der Waals surface area contributed by atoms with Crippen molar-refractivity contribution in [3.63, 3.8) is 0 Å². The zero-order valence-corrected chi connectivity index (χ0v) is 20.0. The lowest BCUT2D eigenvalue weighted by atomic mass is 9.95. The van der Waals surface area contributed by atoms with E-state index in [1.807, 2.05) is 4.90 Å². The van der Waals surface area contributed by atoms with E-state index < -0.39 is 28.7 Å².